The molecule has 1 aromatic heterocycles. The van der Waals surface area contributed by atoms with Crippen LogP contribution in [-0.4, -0.2) is 50.5 Å². The summed E-state index contributed by atoms with van der Waals surface area (Å²) in [6.45, 7) is 2.44. The summed E-state index contributed by atoms with van der Waals surface area (Å²) < 4.78 is 46.5. The topological polar surface area (TPSA) is 46.6 Å². The number of thiazole rings is 1. The van der Waals surface area contributed by atoms with Crippen LogP contribution in [-0.2, 0) is 6.54 Å². The lowest BCUT2D eigenvalue weighted by Crippen LogP contribution is -2.26. The Bertz CT molecular complexity index is 973. The number of alkyl halides is 3. The molecule has 3 aromatic rings. The second-order valence-corrected chi connectivity index (χ2v) is 8.02. The van der Waals surface area contributed by atoms with Crippen molar-refractivity contribution in [3.05, 3.63) is 53.4 Å². The number of nitrogens with zero attached hydrogens (tertiary/aromatic N) is 2. The molecule has 31 heavy (non-hydrogen) atoms. The summed E-state index contributed by atoms with van der Waals surface area (Å²) >= 11 is 1.53. The van der Waals surface area contributed by atoms with Gasteiger partial charge in [-0.1, -0.05) is 0 Å². The van der Waals surface area contributed by atoms with Crippen molar-refractivity contribution in [2.24, 2.45) is 0 Å². The van der Waals surface area contributed by atoms with Crippen molar-refractivity contribution in [3.63, 3.8) is 0 Å². The van der Waals surface area contributed by atoms with E-state index in [9.17, 15) is 13.2 Å². The Labute approximate surface area is 183 Å². The zero-order chi connectivity index (χ0) is 22.4. The standard InChI is InChI=1S/C22H24F3N3O2S/c1-26-12-13-28(2)14-19-20(15-4-8-17(29-3)9-5-15)27-21(31-19)16-6-10-18(11-7-16)30-22(23,24)25/h4-11,26H,12-14H2,1-3H3. The number of halogens is 3. The van der Waals surface area contributed by atoms with Gasteiger partial charge >= 0.3 is 6.36 Å². The minimum absolute atomic E-state index is 0.254. The molecule has 0 atom stereocenters. The van der Waals surface area contributed by atoms with Crippen LogP contribution < -0.4 is 14.8 Å². The summed E-state index contributed by atoms with van der Waals surface area (Å²) in [7, 11) is 5.57. The molecule has 0 unspecified atom stereocenters. The highest BCUT2D eigenvalue weighted by Gasteiger charge is 2.31. The summed E-state index contributed by atoms with van der Waals surface area (Å²) in [6.07, 6.45) is -4.71. The van der Waals surface area contributed by atoms with Gasteiger partial charge in [-0.05, 0) is 62.6 Å². The minimum atomic E-state index is -4.71. The van der Waals surface area contributed by atoms with Gasteiger partial charge in [0.1, 0.15) is 16.5 Å². The molecule has 5 nitrogen and oxygen atoms in total. The smallest absolute Gasteiger partial charge is 0.497 e. The molecular formula is C22H24F3N3O2S. The summed E-state index contributed by atoms with van der Waals surface area (Å²) in [5.41, 5.74) is 2.55. The predicted octanol–water partition coefficient (Wildman–Crippen LogP) is 5.04. The van der Waals surface area contributed by atoms with Crippen molar-refractivity contribution >= 4 is 11.3 Å². The highest BCUT2D eigenvalue weighted by molar-refractivity contribution is 7.15. The second-order valence-electron chi connectivity index (χ2n) is 6.93. The molecule has 1 heterocycles. The SMILES string of the molecule is CNCCN(C)Cc1sc(-c2ccc(OC(F)(F)F)cc2)nc1-c1ccc(OC)cc1. The molecule has 0 fully saturated rings. The Morgan fingerprint density at radius 2 is 1.61 bits per heavy atom. The Hall–Kier alpha value is -2.62. The number of nitrogens with one attached hydrogen (secondary N) is 1. The first kappa shape index (κ1) is 23.1. The molecule has 9 heteroatoms. The van der Waals surface area contributed by atoms with Crippen LogP contribution in [0.5, 0.6) is 11.5 Å². The molecule has 0 amide bonds. The van der Waals surface area contributed by atoms with Gasteiger partial charge in [0.05, 0.1) is 12.8 Å². The molecule has 0 aliphatic heterocycles. The van der Waals surface area contributed by atoms with Crippen LogP contribution in [0, 0.1) is 0 Å². The third kappa shape index (κ3) is 6.43. The quantitative estimate of drug-likeness (QED) is 0.494. The molecule has 0 saturated carbocycles. The fourth-order valence-electron chi connectivity index (χ4n) is 2.98. The van der Waals surface area contributed by atoms with Gasteiger partial charge in [-0.25, -0.2) is 4.98 Å². The Morgan fingerprint density at radius 3 is 2.19 bits per heavy atom. The van der Waals surface area contributed by atoms with Crippen LogP contribution in [0.15, 0.2) is 48.5 Å². The molecule has 3 rings (SSSR count). The third-order valence-electron chi connectivity index (χ3n) is 4.55. The largest absolute Gasteiger partial charge is 0.573 e. The van der Waals surface area contributed by atoms with E-state index in [1.54, 1.807) is 19.2 Å². The highest BCUT2D eigenvalue weighted by atomic mass is 32.1. The fraction of sp³-hybridized carbons (Fsp3) is 0.318. The van der Waals surface area contributed by atoms with Gasteiger partial charge in [0, 0.05) is 35.6 Å². The lowest BCUT2D eigenvalue weighted by molar-refractivity contribution is -0.274. The molecule has 0 aliphatic carbocycles. The first-order chi connectivity index (χ1) is 14.8. The molecule has 0 bridgehead atoms. The lowest BCUT2D eigenvalue weighted by atomic mass is 10.1. The van der Waals surface area contributed by atoms with Crippen LogP contribution in [0.1, 0.15) is 4.88 Å². The average molecular weight is 452 g/mol. The van der Waals surface area contributed by atoms with Crippen LogP contribution >= 0.6 is 11.3 Å². The van der Waals surface area contributed by atoms with Gasteiger partial charge in [-0.15, -0.1) is 24.5 Å². The number of rotatable bonds is 9. The molecule has 1 N–H and O–H groups in total. The van der Waals surface area contributed by atoms with Crippen molar-refractivity contribution in [3.8, 4) is 33.3 Å². The molecule has 2 aromatic carbocycles. The van der Waals surface area contributed by atoms with Gasteiger partial charge in [-0.2, -0.15) is 0 Å². The Balaban J connectivity index is 1.91. The number of aromatic nitrogens is 1. The van der Waals surface area contributed by atoms with Crippen molar-refractivity contribution in [2.45, 2.75) is 12.9 Å². The van der Waals surface area contributed by atoms with Crippen molar-refractivity contribution in [1.29, 1.82) is 0 Å². The number of ether oxygens (including phenoxy) is 2. The van der Waals surface area contributed by atoms with Crippen LogP contribution in [0.2, 0.25) is 0 Å². The summed E-state index contributed by atoms with van der Waals surface area (Å²) in [4.78, 5) is 8.09. The highest BCUT2D eigenvalue weighted by Crippen LogP contribution is 2.36. The normalized spacial score (nSPS) is 11.7. The predicted molar refractivity (Wildman–Crippen MR) is 116 cm³/mol. The maximum absolute atomic E-state index is 12.4. The number of hydrogen-bond donors (Lipinski definition) is 1. The lowest BCUT2D eigenvalue weighted by Gasteiger charge is -2.16. The van der Waals surface area contributed by atoms with E-state index >= 15 is 0 Å². The van der Waals surface area contributed by atoms with Gasteiger partial charge in [-0.3, -0.25) is 4.90 Å². The molecule has 166 valence electrons. The minimum Gasteiger partial charge on any atom is -0.497 e. The van der Waals surface area contributed by atoms with Crippen molar-refractivity contribution in [2.75, 3.05) is 34.3 Å². The van der Waals surface area contributed by atoms with Crippen LogP contribution in [0.25, 0.3) is 21.8 Å². The summed E-state index contributed by atoms with van der Waals surface area (Å²) in [5.74, 6) is 0.502. The summed E-state index contributed by atoms with van der Waals surface area (Å²) in [5, 5.41) is 3.87. The summed E-state index contributed by atoms with van der Waals surface area (Å²) in [6, 6.07) is 13.5. The van der Waals surface area contributed by atoms with E-state index in [2.05, 4.69) is 15.0 Å². The van der Waals surface area contributed by atoms with Gasteiger partial charge in [0.25, 0.3) is 0 Å². The molecule has 0 aliphatic rings. The maximum Gasteiger partial charge on any atom is 0.573 e. The van der Waals surface area contributed by atoms with Crippen molar-refractivity contribution in [1.82, 2.24) is 15.2 Å². The van der Waals surface area contributed by atoms with E-state index in [1.807, 2.05) is 38.4 Å². The van der Waals surface area contributed by atoms with E-state index < -0.39 is 6.36 Å². The maximum atomic E-state index is 12.4. The zero-order valence-electron chi connectivity index (χ0n) is 17.5. The first-order valence-electron chi connectivity index (χ1n) is 9.62. The van der Waals surface area contributed by atoms with Gasteiger partial charge in [0.2, 0.25) is 0 Å². The van der Waals surface area contributed by atoms with Crippen LogP contribution in [0.3, 0.4) is 0 Å². The number of likely N-dealkylation sites (N-methyl/N-ethyl adjacent to an activating group) is 2. The number of benzene rings is 2. The fourth-order valence-corrected chi connectivity index (χ4v) is 4.15. The molecule has 0 spiro atoms. The molecule has 0 saturated heterocycles. The average Bonchev–Trinajstić information content (AvgIpc) is 3.15. The van der Waals surface area contributed by atoms with Gasteiger partial charge < -0.3 is 14.8 Å². The van der Waals surface area contributed by atoms with Gasteiger partial charge in [0.15, 0.2) is 0 Å². The van der Waals surface area contributed by atoms with E-state index in [0.29, 0.717) is 6.54 Å². The monoisotopic (exact) mass is 451 g/mol. The molecule has 0 radical (unpaired) electrons. The second kappa shape index (κ2) is 10.1. The van der Waals surface area contributed by atoms with E-state index in [1.165, 1.54) is 23.5 Å². The Kier molecular flexibility index (Phi) is 7.53. The third-order valence-corrected chi connectivity index (χ3v) is 5.64. The molecular weight excluding hydrogens is 427 g/mol. The van der Waals surface area contributed by atoms with Crippen LogP contribution in [0.4, 0.5) is 13.2 Å². The number of methoxy groups -OCH3 is 1. The van der Waals surface area contributed by atoms with E-state index in [0.717, 1.165) is 45.5 Å². The number of hydrogen-bond acceptors (Lipinski definition) is 6. The van der Waals surface area contributed by atoms with E-state index in [-0.39, 0.29) is 5.75 Å². The zero-order valence-corrected chi connectivity index (χ0v) is 18.3. The van der Waals surface area contributed by atoms with E-state index in [4.69, 9.17) is 9.72 Å². The first-order valence-corrected chi connectivity index (χ1v) is 10.4. The van der Waals surface area contributed by atoms with Crippen molar-refractivity contribution < 1.29 is 22.6 Å². The Morgan fingerprint density at radius 1 is 1.00 bits per heavy atom.